The Hall–Kier alpha value is -0.580. The van der Waals surface area contributed by atoms with Gasteiger partial charge in [-0.15, -0.1) is 0 Å². The van der Waals surface area contributed by atoms with Crippen molar-refractivity contribution in [2.24, 2.45) is 5.84 Å². The van der Waals surface area contributed by atoms with E-state index in [2.05, 4.69) is 33.5 Å². The second kappa shape index (κ2) is 6.73. The van der Waals surface area contributed by atoms with Crippen LogP contribution < -0.4 is 11.3 Å². The molecule has 0 aliphatic rings. The second-order valence-corrected chi connectivity index (χ2v) is 6.04. The van der Waals surface area contributed by atoms with Crippen LogP contribution in [0.3, 0.4) is 0 Å². The highest BCUT2D eigenvalue weighted by atomic mass is 79.9. The minimum absolute atomic E-state index is 0.0366. The Morgan fingerprint density at radius 3 is 2.37 bits per heavy atom. The lowest BCUT2D eigenvalue weighted by Gasteiger charge is -2.17. The predicted octanol–water partition coefficient (Wildman–Crippen LogP) is 4.50. The quantitative estimate of drug-likeness (QED) is 0.622. The minimum Gasteiger partial charge on any atom is -0.271 e. The molecule has 0 aromatic heterocycles. The van der Waals surface area contributed by atoms with Crippen LogP contribution in [0.25, 0.3) is 0 Å². The highest BCUT2D eigenvalue weighted by Crippen LogP contribution is 2.26. The maximum absolute atomic E-state index is 6.02. The molecule has 2 rings (SSSR count). The standard InChI is InChI=1S/C14H13BrCl2N2/c15-11-3-1-2-9(4-11)5-14(19-18)10-6-12(16)8-13(17)7-10/h1-4,6-8,14,19H,5,18H2. The summed E-state index contributed by atoms with van der Waals surface area (Å²) in [7, 11) is 0. The molecule has 0 aliphatic carbocycles. The number of halogens is 3. The first-order valence-corrected chi connectivity index (χ1v) is 7.30. The highest BCUT2D eigenvalue weighted by Gasteiger charge is 2.12. The van der Waals surface area contributed by atoms with Crippen LogP contribution in [0.15, 0.2) is 46.9 Å². The van der Waals surface area contributed by atoms with Crippen molar-refractivity contribution in [3.8, 4) is 0 Å². The van der Waals surface area contributed by atoms with E-state index in [4.69, 9.17) is 29.0 Å². The zero-order valence-corrected chi connectivity index (χ0v) is 13.1. The first kappa shape index (κ1) is 14.8. The number of hydrogen-bond acceptors (Lipinski definition) is 2. The van der Waals surface area contributed by atoms with Gasteiger partial charge in [-0.1, -0.05) is 51.3 Å². The molecule has 100 valence electrons. The maximum Gasteiger partial charge on any atom is 0.0501 e. The van der Waals surface area contributed by atoms with E-state index in [-0.39, 0.29) is 6.04 Å². The summed E-state index contributed by atoms with van der Waals surface area (Å²) in [6, 6.07) is 13.5. The number of rotatable bonds is 4. The van der Waals surface area contributed by atoms with E-state index in [1.165, 1.54) is 5.56 Å². The fourth-order valence-electron chi connectivity index (χ4n) is 1.95. The van der Waals surface area contributed by atoms with E-state index in [0.29, 0.717) is 10.0 Å². The Balaban J connectivity index is 2.24. The van der Waals surface area contributed by atoms with Crippen molar-refractivity contribution >= 4 is 39.1 Å². The highest BCUT2D eigenvalue weighted by molar-refractivity contribution is 9.10. The molecule has 5 heteroatoms. The third-order valence-corrected chi connectivity index (χ3v) is 3.75. The van der Waals surface area contributed by atoms with Crippen LogP contribution in [0.5, 0.6) is 0 Å². The van der Waals surface area contributed by atoms with Gasteiger partial charge < -0.3 is 0 Å². The summed E-state index contributed by atoms with van der Waals surface area (Å²) in [5.41, 5.74) is 4.95. The predicted molar refractivity (Wildman–Crippen MR) is 84.4 cm³/mol. The van der Waals surface area contributed by atoms with Crippen molar-refractivity contribution in [2.75, 3.05) is 0 Å². The van der Waals surface area contributed by atoms with Crippen LogP contribution in [0.2, 0.25) is 10.0 Å². The summed E-state index contributed by atoms with van der Waals surface area (Å²) in [5.74, 6) is 5.64. The molecular formula is C14H13BrCl2N2. The van der Waals surface area contributed by atoms with Crippen LogP contribution in [0.1, 0.15) is 17.2 Å². The molecule has 1 atom stereocenters. The summed E-state index contributed by atoms with van der Waals surface area (Å²) in [6.45, 7) is 0. The van der Waals surface area contributed by atoms with Crippen LogP contribution in [-0.4, -0.2) is 0 Å². The molecule has 0 aliphatic heterocycles. The van der Waals surface area contributed by atoms with Crippen LogP contribution in [-0.2, 0) is 6.42 Å². The smallest absolute Gasteiger partial charge is 0.0501 e. The molecule has 0 bridgehead atoms. The minimum atomic E-state index is -0.0366. The molecule has 3 N–H and O–H groups in total. The summed E-state index contributed by atoms with van der Waals surface area (Å²) < 4.78 is 1.05. The summed E-state index contributed by atoms with van der Waals surface area (Å²) >= 11 is 15.5. The van der Waals surface area contributed by atoms with Gasteiger partial charge in [-0.2, -0.15) is 0 Å². The van der Waals surface area contributed by atoms with E-state index < -0.39 is 0 Å². The number of nitrogens with one attached hydrogen (secondary N) is 1. The lowest BCUT2D eigenvalue weighted by atomic mass is 9.99. The molecule has 0 amide bonds. The zero-order chi connectivity index (χ0) is 13.8. The maximum atomic E-state index is 6.02. The lowest BCUT2D eigenvalue weighted by molar-refractivity contribution is 0.552. The van der Waals surface area contributed by atoms with Crippen molar-refractivity contribution in [3.63, 3.8) is 0 Å². The number of nitrogens with two attached hydrogens (primary N) is 1. The molecule has 2 aromatic rings. The van der Waals surface area contributed by atoms with Gasteiger partial charge in [0.15, 0.2) is 0 Å². The third-order valence-electron chi connectivity index (χ3n) is 2.82. The van der Waals surface area contributed by atoms with Gasteiger partial charge >= 0.3 is 0 Å². The van der Waals surface area contributed by atoms with E-state index in [9.17, 15) is 0 Å². The average Bonchev–Trinajstić information content (AvgIpc) is 2.34. The van der Waals surface area contributed by atoms with E-state index >= 15 is 0 Å². The van der Waals surface area contributed by atoms with E-state index in [1.54, 1.807) is 6.07 Å². The van der Waals surface area contributed by atoms with E-state index in [1.807, 2.05) is 24.3 Å². The summed E-state index contributed by atoms with van der Waals surface area (Å²) in [6.07, 6.45) is 0.757. The van der Waals surface area contributed by atoms with Gasteiger partial charge in [-0.3, -0.25) is 11.3 Å². The largest absolute Gasteiger partial charge is 0.271 e. The molecule has 2 nitrogen and oxygen atoms in total. The van der Waals surface area contributed by atoms with Gasteiger partial charge in [0.2, 0.25) is 0 Å². The van der Waals surface area contributed by atoms with Crippen molar-refractivity contribution < 1.29 is 0 Å². The van der Waals surface area contributed by atoms with Crippen molar-refractivity contribution in [2.45, 2.75) is 12.5 Å². The third kappa shape index (κ3) is 4.20. The van der Waals surface area contributed by atoms with Crippen molar-refractivity contribution in [3.05, 3.63) is 68.1 Å². The topological polar surface area (TPSA) is 38.0 Å². The Labute approximate surface area is 131 Å². The molecule has 19 heavy (non-hydrogen) atoms. The molecule has 0 spiro atoms. The van der Waals surface area contributed by atoms with Gasteiger partial charge in [-0.05, 0) is 47.9 Å². The number of benzene rings is 2. The van der Waals surface area contributed by atoms with Gasteiger partial charge in [0, 0.05) is 14.5 Å². The molecule has 0 radical (unpaired) electrons. The fraction of sp³-hybridized carbons (Fsp3) is 0.143. The summed E-state index contributed by atoms with van der Waals surface area (Å²) in [5, 5.41) is 1.22. The van der Waals surface area contributed by atoms with Crippen LogP contribution >= 0.6 is 39.1 Å². The van der Waals surface area contributed by atoms with Gasteiger partial charge in [0.1, 0.15) is 0 Å². The van der Waals surface area contributed by atoms with Crippen LogP contribution in [0, 0.1) is 0 Å². The number of hydrazine groups is 1. The molecule has 0 heterocycles. The Morgan fingerprint density at radius 2 is 1.79 bits per heavy atom. The molecule has 0 saturated heterocycles. The van der Waals surface area contributed by atoms with E-state index in [0.717, 1.165) is 16.5 Å². The normalized spacial score (nSPS) is 12.4. The monoisotopic (exact) mass is 358 g/mol. The summed E-state index contributed by atoms with van der Waals surface area (Å²) in [4.78, 5) is 0. The van der Waals surface area contributed by atoms with Crippen LogP contribution in [0.4, 0.5) is 0 Å². The molecule has 0 fully saturated rings. The second-order valence-electron chi connectivity index (χ2n) is 4.26. The molecule has 1 unspecified atom stereocenters. The lowest BCUT2D eigenvalue weighted by Crippen LogP contribution is -2.29. The van der Waals surface area contributed by atoms with Gasteiger partial charge in [-0.25, -0.2) is 0 Å². The Kier molecular flexibility index (Phi) is 5.25. The SMILES string of the molecule is NNC(Cc1cccc(Br)c1)c1cc(Cl)cc(Cl)c1. The first-order chi connectivity index (χ1) is 9.08. The molecule has 0 saturated carbocycles. The molecule has 2 aromatic carbocycles. The molecular weight excluding hydrogens is 347 g/mol. The van der Waals surface area contributed by atoms with Crippen molar-refractivity contribution in [1.82, 2.24) is 5.43 Å². The van der Waals surface area contributed by atoms with Gasteiger partial charge in [0.05, 0.1) is 6.04 Å². The average molecular weight is 360 g/mol. The first-order valence-electron chi connectivity index (χ1n) is 5.75. The van der Waals surface area contributed by atoms with Crippen molar-refractivity contribution in [1.29, 1.82) is 0 Å². The van der Waals surface area contributed by atoms with Gasteiger partial charge in [0.25, 0.3) is 0 Å². The fourth-order valence-corrected chi connectivity index (χ4v) is 2.94. The number of hydrogen-bond donors (Lipinski definition) is 2. The zero-order valence-electron chi connectivity index (χ0n) is 10.0. The Morgan fingerprint density at radius 1 is 1.11 bits per heavy atom. The Bertz CT molecular complexity index is 555.